The maximum atomic E-state index is 11.8. The Bertz CT molecular complexity index is 577. The predicted molar refractivity (Wildman–Crippen MR) is 78.2 cm³/mol. The highest BCUT2D eigenvalue weighted by atomic mass is 16.1. The third-order valence-corrected chi connectivity index (χ3v) is 3.85. The molecule has 1 N–H and O–H groups in total. The van der Waals surface area contributed by atoms with E-state index in [0.717, 1.165) is 19.3 Å². The summed E-state index contributed by atoms with van der Waals surface area (Å²) in [5, 5.41) is 5.87. The van der Waals surface area contributed by atoms with E-state index in [4.69, 9.17) is 0 Å². The fourth-order valence-electron chi connectivity index (χ4n) is 3.07. The van der Waals surface area contributed by atoms with Gasteiger partial charge in [-0.15, -0.1) is 0 Å². The standard InChI is InChI=1S/C17H19NO/c1-2-5-16(19)18-15-10-13-8-3-6-12-7-4-9-14(11-15)17(12)13/h3-4,6-9,15H,2,5,10-11H2,1H3,(H,18,19). The van der Waals surface area contributed by atoms with Gasteiger partial charge >= 0.3 is 0 Å². The van der Waals surface area contributed by atoms with E-state index in [-0.39, 0.29) is 11.9 Å². The average Bonchev–Trinajstić information content (AvgIpc) is 2.39. The summed E-state index contributed by atoms with van der Waals surface area (Å²) < 4.78 is 0. The van der Waals surface area contributed by atoms with Crippen LogP contribution in [0.15, 0.2) is 36.4 Å². The molecule has 0 radical (unpaired) electrons. The van der Waals surface area contributed by atoms with E-state index in [1.54, 1.807) is 0 Å². The normalized spacial score (nSPS) is 14.6. The average molecular weight is 253 g/mol. The highest BCUT2D eigenvalue weighted by Gasteiger charge is 2.21. The lowest BCUT2D eigenvalue weighted by atomic mass is 9.85. The molecule has 2 nitrogen and oxygen atoms in total. The Morgan fingerprint density at radius 2 is 1.79 bits per heavy atom. The molecule has 1 amide bonds. The topological polar surface area (TPSA) is 29.1 Å². The van der Waals surface area contributed by atoms with Crippen LogP contribution in [0.4, 0.5) is 0 Å². The molecule has 0 saturated carbocycles. The van der Waals surface area contributed by atoms with Gasteiger partial charge in [-0.2, -0.15) is 0 Å². The second-order valence-electron chi connectivity index (χ2n) is 5.36. The first kappa shape index (κ1) is 12.2. The van der Waals surface area contributed by atoms with Crippen LogP contribution in [0.5, 0.6) is 0 Å². The molecule has 0 atom stereocenters. The summed E-state index contributed by atoms with van der Waals surface area (Å²) in [4.78, 5) is 11.8. The number of carbonyl (C=O) groups is 1. The van der Waals surface area contributed by atoms with Gasteiger partial charge in [0, 0.05) is 12.5 Å². The van der Waals surface area contributed by atoms with Crippen molar-refractivity contribution in [1.82, 2.24) is 5.32 Å². The molecule has 2 heteroatoms. The van der Waals surface area contributed by atoms with Gasteiger partial charge in [-0.3, -0.25) is 4.79 Å². The van der Waals surface area contributed by atoms with Crippen LogP contribution < -0.4 is 5.32 Å². The summed E-state index contributed by atoms with van der Waals surface area (Å²) in [6, 6.07) is 13.2. The smallest absolute Gasteiger partial charge is 0.220 e. The van der Waals surface area contributed by atoms with Crippen molar-refractivity contribution in [2.24, 2.45) is 0 Å². The van der Waals surface area contributed by atoms with Crippen molar-refractivity contribution in [1.29, 1.82) is 0 Å². The van der Waals surface area contributed by atoms with Crippen LogP contribution in [-0.4, -0.2) is 11.9 Å². The molecule has 1 aliphatic rings. The van der Waals surface area contributed by atoms with Crippen molar-refractivity contribution < 1.29 is 4.79 Å². The number of rotatable bonds is 3. The first-order chi connectivity index (χ1) is 9.28. The number of hydrogen-bond acceptors (Lipinski definition) is 1. The predicted octanol–water partition coefficient (Wildman–Crippen LogP) is 3.22. The molecule has 0 fully saturated rings. The Labute approximate surface area is 113 Å². The number of carbonyl (C=O) groups excluding carboxylic acids is 1. The van der Waals surface area contributed by atoms with Gasteiger partial charge in [-0.1, -0.05) is 43.3 Å². The molecule has 19 heavy (non-hydrogen) atoms. The lowest BCUT2D eigenvalue weighted by Crippen LogP contribution is -2.39. The van der Waals surface area contributed by atoms with Gasteiger partial charge in [0.05, 0.1) is 0 Å². The maximum Gasteiger partial charge on any atom is 0.220 e. The molecule has 2 aromatic rings. The summed E-state index contributed by atoms with van der Waals surface area (Å²) in [5.74, 6) is 0.180. The molecule has 0 unspecified atom stereocenters. The Balaban J connectivity index is 1.88. The van der Waals surface area contributed by atoms with Crippen molar-refractivity contribution in [2.75, 3.05) is 0 Å². The first-order valence-electron chi connectivity index (χ1n) is 7.07. The number of nitrogens with one attached hydrogen (secondary N) is 1. The summed E-state index contributed by atoms with van der Waals surface area (Å²) >= 11 is 0. The fourth-order valence-corrected chi connectivity index (χ4v) is 3.07. The molecular formula is C17H19NO. The highest BCUT2D eigenvalue weighted by Crippen LogP contribution is 2.29. The summed E-state index contributed by atoms with van der Waals surface area (Å²) in [5.41, 5.74) is 2.72. The van der Waals surface area contributed by atoms with Crippen LogP contribution in [0.2, 0.25) is 0 Å². The number of hydrogen-bond donors (Lipinski definition) is 1. The van der Waals surface area contributed by atoms with Crippen molar-refractivity contribution in [3.63, 3.8) is 0 Å². The first-order valence-corrected chi connectivity index (χ1v) is 7.07. The SMILES string of the molecule is CCCC(=O)NC1Cc2cccc3cccc(c23)C1. The van der Waals surface area contributed by atoms with E-state index >= 15 is 0 Å². The second-order valence-corrected chi connectivity index (χ2v) is 5.36. The molecule has 0 heterocycles. The lowest BCUT2D eigenvalue weighted by Gasteiger charge is -2.26. The van der Waals surface area contributed by atoms with Gasteiger partial charge in [0.25, 0.3) is 0 Å². The largest absolute Gasteiger partial charge is 0.353 e. The van der Waals surface area contributed by atoms with E-state index in [1.165, 1.54) is 21.9 Å². The summed E-state index contributed by atoms with van der Waals surface area (Å²) in [6.45, 7) is 2.04. The monoisotopic (exact) mass is 253 g/mol. The van der Waals surface area contributed by atoms with Gasteiger partial charge in [-0.05, 0) is 41.2 Å². The number of benzene rings is 2. The fraction of sp³-hybridized carbons (Fsp3) is 0.353. The molecule has 1 aliphatic carbocycles. The summed E-state index contributed by atoms with van der Waals surface area (Å²) in [7, 11) is 0. The van der Waals surface area contributed by atoms with Crippen molar-refractivity contribution >= 4 is 16.7 Å². The zero-order valence-corrected chi connectivity index (χ0v) is 11.3. The Hall–Kier alpha value is -1.83. The highest BCUT2D eigenvalue weighted by molar-refractivity contribution is 5.90. The molecule has 98 valence electrons. The Kier molecular flexibility index (Phi) is 3.24. The minimum Gasteiger partial charge on any atom is -0.353 e. The zero-order valence-electron chi connectivity index (χ0n) is 11.3. The molecule has 0 aliphatic heterocycles. The van der Waals surface area contributed by atoms with Gasteiger partial charge in [0.2, 0.25) is 5.91 Å². The van der Waals surface area contributed by atoms with E-state index in [1.807, 2.05) is 6.92 Å². The third-order valence-electron chi connectivity index (χ3n) is 3.85. The zero-order chi connectivity index (χ0) is 13.2. The molecule has 3 rings (SSSR count). The maximum absolute atomic E-state index is 11.8. The van der Waals surface area contributed by atoms with Crippen LogP contribution >= 0.6 is 0 Å². The van der Waals surface area contributed by atoms with Crippen molar-refractivity contribution in [3.05, 3.63) is 47.5 Å². The molecule has 0 aromatic heterocycles. The van der Waals surface area contributed by atoms with Crippen molar-refractivity contribution in [3.8, 4) is 0 Å². The van der Waals surface area contributed by atoms with Gasteiger partial charge < -0.3 is 5.32 Å². The van der Waals surface area contributed by atoms with Crippen LogP contribution in [0.3, 0.4) is 0 Å². The second kappa shape index (κ2) is 5.04. The van der Waals surface area contributed by atoms with Gasteiger partial charge in [0.1, 0.15) is 0 Å². The van der Waals surface area contributed by atoms with Crippen LogP contribution in [-0.2, 0) is 17.6 Å². The number of amides is 1. The van der Waals surface area contributed by atoms with Gasteiger partial charge in [0.15, 0.2) is 0 Å². The van der Waals surface area contributed by atoms with Crippen LogP contribution in [0.25, 0.3) is 10.8 Å². The van der Waals surface area contributed by atoms with Crippen LogP contribution in [0, 0.1) is 0 Å². The minimum absolute atomic E-state index is 0.180. The van der Waals surface area contributed by atoms with E-state index in [0.29, 0.717) is 6.42 Å². The molecule has 0 bridgehead atoms. The Morgan fingerprint density at radius 3 is 2.37 bits per heavy atom. The Morgan fingerprint density at radius 1 is 1.16 bits per heavy atom. The third kappa shape index (κ3) is 2.35. The van der Waals surface area contributed by atoms with E-state index in [2.05, 4.69) is 41.7 Å². The minimum atomic E-state index is 0.180. The quantitative estimate of drug-likeness (QED) is 0.894. The van der Waals surface area contributed by atoms with Crippen LogP contribution in [0.1, 0.15) is 30.9 Å². The van der Waals surface area contributed by atoms with E-state index < -0.39 is 0 Å². The lowest BCUT2D eigenvalue weighted by molar-refractivity contribution is -0.121. The molecular weight excluding hydrogens is 234 g/mol. The van der Waals surface area contributed by atoms with Crippen molar-refractivity contribution in [2.45, 2.75) is 38.6 Å². The molecule has 2 aromatic carbocycles. The molecule has 0 saturated heterocycles. The summed E-state index contributed by atoms with van der Waals surface area (Å²) in [6.07, 6.45) is 3.43. The van der Waals surface area contributed by atoms with Gasteiger partial charge in [-0.25, -0.2) is 0 Å². The van der Waals surface area contributed by atoms with E-state index in [9.17, 15) is 4.79 Å². The molecule has 0 spiro atoms.